The van der Waals surface area contributed by atoms with E-state index in [1.54, 1.807) is 0 Å². The molecule has 5 rings (SSSR count). The minimum absolute atomic E-state index is 0.0584. The molecule has 1 aliphatic rings. The van der Waals surface area contributed by atoms with Gasteiger partial charge in [0.25, 0.3) is 0 Å². The van der Waals surface area contributed by atoms with E-state index in [0.29, 0.717) is 18.0 Å². The van der Waals surface area contributed by atoms with Crippen molar-refractivity contribution in [2.24, 2.45) is 0 Å². The maximum absolute atomic E-state index is 13.2. The van der Waals surface area contributed by atoms with E-state index in [0.717, 1.165) is 50.5 Å². The Morgan fingerprint density at radius 3 is 2.44 bits per heavy atom. The van der Waals surface area contributed by atoms with E-state index in [1.807, 2.05) is 30.3 Å². The average molecular weight is 502 g/mol. The smallest absolute Gasteiger partial charge is 0.220 e. The number of fused-ring (bicyclic) bond motifs is 1. The van der Waals surface area contributed by atoms with E-state index in [4.69, 9.17) is 16.3 Å². The second-order valence-electron chi connectivity index (χ2n) is 9.33. The number of nitrogens with zero attached hydrogens (tertiary/aromatic N) is 2. The van der Waals surface area contributed by atoms with Crippen LogP contribution in [0.1, 0.15) is 29.0 Å². The van der Waals surface area contributed by atoms with E-state index < -0.39 is 0 Å². The normalized spacial score (nSPS) is 15.1. The molecule has 0 unspecified atom stereocenters. The van der Waals surface area contributed by atoms with Crippen molar-refractivity contribution in [3.05, 3.63) is 107 Å². The molecular weight excluding hydrogens is 470 g/mol. The number of hydrogen-bond acceptors (Lipinski definition) is 3. The molecule has 1 fully saturated rings. The number of ether oxygens (including phenoxy) is 1. The molecule has 0 saturated carbocycles. The van der Waals surface area contributed by atoms with Gasteiger partial charge in [0.15, 0.2) is 0 Å². The van der Waals surface area contributed by atoms with Gasteiger partial charge in [-0.05, 0) is 34.9 Å². The maximum atomic E-state index is 13.2. The molecular formula is C30H32ClN3O2. The summed E-state index contributed by atoms with van der Waals surface area (Å²) in [4.78, 5) is 15.5. The highest BCUT2D eigenvalue weighted by Gasteiger charge is 2.23. The van der Waals surface area contributed by atoms with Crippen molar-refractivity contribution in [1.29, 1.82) is 0 Å². The first-order valence-corrected chi connectivity index (χ1v) is 13.0. The summed E-state index contributed by atoms with van der Waals surface area (Å²) in [6.07, 6.45) is 2.60. The number of halogens is 1. The Balaban J connectivity index is 1.41. The zero-order valence-electron chi connectivity index (χ0n) is 20.4. The van der Waals surface area contributed by atoms with Gasteiger partial charge in [-0.25, -0.2) is 0 Å². The summed E-state index contributed by atoms with van der Waals surface area (Å²) in [6.45, 7) is 5.63. The van der Waals surface area contributed by atoms with Crippen LogP contribution in [0, 0.1) is 0 Å². The Morgan fingerprint density at radius 1 is 0.944 bits per heavy atom. The molecule has 4 aromatic rings. The summed E-state index contributed by atoms with van der Waals surface area (Å²) >= 11 is 6.20. The SMILES string of the molecule is O=C(C[C@@H](c1ccc(Cl)cc1)c1cn(Cc2ccccc2)c2ccccc12)NCCN1CCOCC1. The molecule has 1 atom stereocenters. The van der Waals surface area contributed by atoms with Gasteiger partial charge in [-0.3, -0.25) is 9.69 Å². The lowest BCUT2D eigenvalue weighted by molar-refractivity contribution is -0.121. The fourth-order valence-corrected chi connectivity index (χ4v) is 5.13. The van der Waals surface area contributed by atoms with E-state index in [1.165, 1.54) is 16.5 Å². The molecule has 6 heteroatoms. The van der Waals surface area contributed by atoms with Crippen molar-refractivity contribution in [2.45, 2.75) is 18.9 Å². The monoisotopic (exact) mass is 501 g/mol. The topological polar surface area (TPSA) is 46.5 Å². The molecule has 186 valence electrons. The molecule has 1 saturated heterocycles. The van der Waals surface area contributed by atoms with E-state index >= 15 is 0 Å². The highest BCUT2D eigenvalue weighted by Crippen LogP contribution is 2.35. The molecule has 1 aromatic heterocycles. The van der Waals surface area contributed by atoms with Crippen molar-refractivity contribution in [2.75, 3.05) is 39.4 Å². The fraction of sp³-hybridized carbons (Fsp3) is 0.300. The van der Waals surface area contributed by atoms with Crippen LogP contribution >= 0.6 is 11.6 Å². The lowest BCUT2D eigenvalue weighted by Crippen LogP contribution is -2.41. The first-order chi connectivity index (χ1) is 17.7. The standard InChI is InChI=1S/C30H32ClN3O2/c31-25-12-10-24(11-13-25)27(20-30(35)32-14-15-33-16-18-36-19-17-33)28-22-34(21-23-6-2-1-3-7-23)29-9-5-4-8-26(28)29/h1-13,22,27H,14-21H2,(H,32,35)/t27-/m0/s1. The number of rotatable bonds is 9. The number of carbonyl (C=O) groups excluding carboxylic acids is 1. The number of carbonyl (C=O) groups is 1. The minimum atomic E-state index is -0.0763. The average Bonchev–Trinajstić information content (AvgIpc) is 3.27. The number of amides is 1. The summed E-state index contributed by atoms with van der Waals surface area (Å²) in [5, 5.41) is 5.02. The lowest BCUT2D eigenvalue weighted by atomic mass is 9.88. The quantitative estimate of drug-likeness (QED) is 0.338. The number of nitrogens with one attached hydrogen (secondary N) is 1. The van der Waals surface area contributed by atoms with E-state index in [9.17, 15) is 4.79 Å². The third kappa shape index (κ3) is 5.98. The zero-order valence-corrected chi connectivity index (χ0v) is 21.2. The Kier molecular flexibility index (Phi) is 8.01. The van der Waals surface area contributed by atoms with Crippen molar-refractivity contribution in [3.63, 3.8) is 0 Å². The van der Waals surface area contributed by atoms with Crippen LogP contribution < -0.4 is 5.32 Å². The molecule has 2 heterocycles. The van der Waals surface area contributed by atoms with Crippen molar-refractivity contribution in [1.82, 2.24) is 14.8 Å². The molecule has 0 aliphatic carbocycles. The van der Waals surface area contributed by atoms with Gasteiger partial charge in [-0.1, -0.05) is 72.3 Å². The van der Waals surface area contributed by atoms with Crippen LogP contribution in [0.4, 0.5) is 0 Å². The second kappa shape index (κ2) is 11.7. The van der Waals surface area contributed by atoms with Crippen LogP contribution in [-0.4, -0.2) is 54.8 Å². The molecule has 5 nitrogen and oxygen atoms in total. The van der Waals surface area contributed by atoms with Crippen LogP contribution in [0.3, 0.4) is 0 Å². The molecule has 1 aliphatic heterocycles. The largest absolute Gasteiger partial charge is 0.379 e. The molecule has 36 heavy (non-hydrogen) atoms. The van der Waals surface area contributed by atoms with E-state index in [2.05, 4.69) is 69.5 Å². The van der Waals surface area contributed by atoms with Crippen molar-refractivity contribution < 1.29 is 9.53 Å². The van der Waals surface area contributed by atoms with Gasteiger partial charge in [-0.2, -0.15) is 0 Å². The second-order valence-corrected chi connectivity index (χ2v) is 9.76. The third-order valence-electron chi connectivity index (χ3n) is 6.91. The highest BCUT2D eigenvalue weighted by atomic mass is 35.5. The minimum Gasteiger partial charge on any atom is -0.379 e. The molecule has 0 radical (unpaired) electrons. The van der Waals surface area contributed by atoms with Crippen LogP contribution in [0.5, 0.6) is 0 Å². The lowest BCUT2D eigenvalue weighted by Gasteiger charge is -2.26. The number of aromatic nitrogens is 1. The predicted octanol–water partition coefficient (Wildman–Crippen LogP) is 5.31. The predicted molar refractivity (Wildman–Crippen MR) is 146 cm³/mol. The summed E-state index contributed by atoms with van der Waals surface area (Å²) < 4.78 is 7.71. The number of benzene rings is 3. The van der Waals surface area contributed by atoms with Gasteiger partial charge >= 0.3 is 0 Å². The number of para-hydroxylation sites is 1. The van der Waals surface area contributed by atoms with Crippen LogP contribution in [0.2, 0.25) is 5.02 Å². The van der Waals surface area contributed by atoms with Crippen LogP contribution in [0.15, 0.2) is 85.1 Å². The van der Waals surface area contributed by atoms with Gasteiger partial charge in [0.1, 0.15) is 0 Å². The Morgan fingerprint density at radius 2 is 1.67 bits per heavy atom. The van der Waals surface area contributed by atoms with Gasteiger partial charge in [0.05, 0.1) is 13.2 Å². The zero-order chi connectivity index (χ0) is 24.7. The van der Waals surface area contributed by atoms with Crippen molar-refractivity contribution >= 4 is 28.4 Å². The Hall–Kier alpha value is -3.12. The molecule has 0 spiro atoms. The molecule has 3 aromatic carbocycles. The summed E-state index contributed by atoms with van der Waals surface area (Å²) in [5.41, 5.74) is 4.66. The fourth-order valence-electron chi connectivity index (χ4n) is 5.00. The summed E-state index contributed by atoms with van der Waals surface area (Å²) in [6, 6.07) is 26.8. The van der Waals surface area contributed by atoms with E-state index in [-0.39, 0.29) is 11.8 Å². The number of hydrogen-bond donors (Lipinski definition) is 1. The summed E-state index contributed by atoms with van der Waals surface area (Å²) in [7, 11) is 0. The van der Waals surface area contributed by atoms with Gasteiger partial charge < -0.3 is 14.6 Å². The van der Waals surface area contributed by atoms with Gasteiger partial charge in [0, 0.05) is 67.2 Å². The van der Waals surface area contributed by atoms with Crippen LogP contribution in [0.25, 0.3) is 10.9 Å². The van der Waals surface area contributed by atoms with Gasteiger partial charge in [0.2, 0.25) is 5.91 Å². The number of morpholine rings is 1. The molecule has 0 bridgehead atoms. The Bertz CT molecular complexity index is 1280. The molecule has 1 amide bonds. The first kappa shape index (κ1) is 24.6. The highest BCUT2D eigenvalue weighted by molar-refractivity contribution is 6.30. The first-order valence-electron chi connectivity index (χ1n) is 12.6. The Labute approximate surface area is 217 Å². The summed E-state index contributed by atoms with van der Waals surface area (Å²) in [5.74, 6) is -0.0179. The third-order valence-corrected chi connectivity index (χ3v) is 7.16. The van der Waals surface area contributed by atoms with Gasteiger partial charge in [-0.15, -0.1) is 0 Å². The van der Waals surface area contributed by atoms with Crippen molar-refractivity contribution in [3.8, 4) is 0 Å². The van der Waals surface area contributed by atoms with Crippen LogP contribution in [-0.2, 0) is 16.1 Å². The molecule has 1 N–H and O–H groups in total. The maximum Gasteiger partial charge on any atom is 0.220 e.